The summed E-state index contributed by atoms with van der Waals surface area (Å²) in [6, 6.07) is 22.9. The first-order valence-corrected chi connectivity index (χ1v) is 13.7. The fraction of sp³-hybridized carbons (Fsp3) is 0.400. The predicted octanol–water partition coefficient (Wildman–Crippen LogP) is 9.25. The third-order valence-corrected chi connectivity index (χ3v) is 7.52. The molecule has 3 aromatic rings. The minimum atomic E-state index is 0.150. The van der Waals surface area contributed by atoms with Gasteiger partial charge in [0.2, 0.25) is 0 Å². The Morgan fingerprint density at radius 1 is 0.500 bits per heavy atom. The molecule has 0 spiro atoms. The highest BCUT2D eigenvalue weighted by Gasteiger charge is 2.18. The predicted molar refractivity (Wildman–Crippen MR) is 148 cm³/mol. The first-order chi connectivity index (χ1) is 15.0. The molecule has 0 amide bonds. The van der Waals surface area contributed by atoms with Crippen LogP contribution in [0.15, 0.2) is 60.7 Å². The summed E-state index contributed by atoms with van der Waals surface area (Å²) in [6.07, 6.45) is 1.92. The van der Waals surface area contributed by atoms with Crippen LogP contribution >= 0.6 is 31.9 Å². The van der Waals surface area contributed by atoms with Gasteiger partial charge in [-0.2, -0.15) is 0 Å². The van der Waals surface area contributed by atoms with E-state index in [2.05, 4.69) is 134 Å². The molecule has 0 bridgehead atoms. The van der Waals surface area contributed by atoms with Gasteiger partial charge < -0.3 is 0 Å². The second-order valence-corrected chi connectivity index (χ2v) is 12.0. The van der Waals surface area contributed by atoms with Crippen molar-refractivity contribution in [2.24, 2.45) is 0 Å². The van der Waals surface area contributed by atoms with Crippen molar-refractivity contribution < 1.29 is 0 Å². The number of hydrogen-bond donors (Lipinski definition) is 0. The Hall–Kier alpha value is -1.38. The third-order valence-electron chi connectivity index (χ3n) is 6.31. The lowest BCUT2D eigenvalue weighted by molar-refractivity contribution is 0.589. The maximum absolute atomic E-state index is 3.71. The lowest BCUT2D eigenvalue weighted by Gasteiger charge is -2.22. The Morgan fingerprint density at radius 2 is 0.875 bits per heavy atom. The van der Waals surface area contributed by atoms with Crippen LogP contribution in [0.2, 0.25) is 0 Å². The zero-order valence-corrected chi connectivity index (χ0v) is 23.5. The summed E-state index contributed by atoms with van der Waals surface area (Å²) in [6.45, 7) is 13.7. The zero-order valence-electron chi connectivity index (χ0n) is 20.4. The van der Waals surface area contributed by atoms with E-state index in [0.717, 1.165) is 23.5 Å². The van der Waals surface area contributed by atoms with E-state index in [-0.39, 0.29) is 10.8 Å². The summed E-state index contributed by atoms with van der Waals surface area (Å²) in [5.41, 5.74) is 11.5. The van der Waals surface area contributed by atoms with Gasteiger partial charge in [0.25, 0.3) is 0 Å². The fourth-order valence-corrected chi connectivity index (χ4v) is 5.18. The van der Waals surface area contributed by atoms with Gasteiger partial charge in [0.05, 0.1) is 0 Å². The maximum atomic E-state index is 3.71. The molecule has 0 heterocycles. The van der Waals surface area contributed by atoms with Crippen LogP contribution in [-0.2, 0) is 34.3 Å². The Morgan fingerprint density at radius 3 is 1.19 bits per heavy atom. The van der Waals surface area contributed by atoms with Gasteiger partial charge >= 0.3 is 0 Å². The third kappa shape index (κ3) is 6.14. The van der Waals surface area contributed by atoms with Crippen LogP contribution in [0.25, 0.3) is 0 Å². The lowest BCUT2D eigenvalue weighted by atomic mass is 9.83. The molecule has 0 fully saturated rings. The average Bonchev–Trinajstić information content (AvgIpc) is 2.73. The van der Waals surface area contributed by atoms with Crippen molar-refractivity contribution in [1.29, 1.82) is 0 Å². The van der Waals surface area contributed by atoms with E-state index >= 15 is 0 Å². The maximum Gasteiger partial charge on any atom is 0.0285 e. The van der Waals surface area contributed by atoms with E-state index in [1.807, 2.05) is 0 Å². The van der Waals surface area contributed by atoms with E-state index < -0.39 is 0 Å². The van der Waals surface area contributed by atoms with Gasteiger partial charge in [-0.3, -0.25) is 0 Å². The molecule has 32 heavy (non-hydrogen) atoms. The van der Waals surface area contributed by atoms with Crippen molar-refractivity contribution in [3.05, 3.63) is 105 Å². The van der Waals surface area contributed by atoms with E-state index in [4.69, 9.17) is 0 Å². The molecule has 0 aliphatic rings. The SMILES string of the molecule is CC(C)(C)c1ccc(CBr)c(Cc2ccccc2Cc2cc(C(C)(C)C)ccc2CBr)c1. The summed E-state index contributed by atoms with van der Waals surface area (Å²) in [5, 5.41) is 1.77. The normalized spacial score (nSPS) is 12.2. The standard InChI is InChI=1S/C30H36Br2/c1-29(2,3)27-13-11-23(19-31)25(17-27)15-21-9-7-8-10-22(21)16-26-18-28(30(4,5)6)14-12-24(26)20-32/h7-14,17-18H,15-16,19-20H2,1-6H3. The van der Waals surface area contributed by atoms with Crippen LogP contribution in [-0.4, -0.2) is 0 Å². The molecule has 0 atom stereocenters. The van der Waals surface area contributed by atoms with Crippen molar-refractivity contribution >= 4 is 31.9 Å². The summed E-state index contributed by atoms with van der Waals surface area (Å²) in [7, 11) is 0. The van der Waals surface area contributed by atoms with Crippen molar-refractivity contribution in [2.45, 2.75) is 75.9 Å². The fourth-order valence-electron chi connectivity index (χ4n) is 4.09. The minimum absolute atomic E-state index is 0.150. The van der Waals surface area contributed by atoms with Crippen LogP contribution in [0.4, 0.5) is 0 Å². The molecule has 0 aliphatic heterocycles. The molecule has 3 aromatic carbocycles. The molecule has 3 rings (SSSR count). The molecule has 0 radical (unpaired) electrons. The number of hydrogen-bond acceptors (Lipinski definition) is 0. The highest BCUT2D eigenvalue weighted by Crippen LogP contribution is 2.30. The number of benzene rings is 3. The van der Waals surface area contributed by atoms with Crippen molar-refractivity contribution in [1.82, 2.24) is 0 Å². The van der Waals surface area contributed by atoms with E-state index in [1.165, 1.54) is 44.5 Å². The highest BCUT2D eigenvalue weighted by atomic mass is 79.9. The Bertz CT molecular complexity index is 978. The minimum Gasteiger partial charge on any atom is -0.0876 e. The Balaban J connectivity index is 2.00. The van der Waals surface area contributed by atoms with Gasteiger partial charge in [-0.15, -0.1) is 0 Å². The number of alkyl halides is 2. The number of rotatable bonds is 6. The van der Waals surface area contributed by atoms with Gasteiger partial charge in [0.1, 0.15) is 0 Å². The van der Waals surface area contributed by atoms with Crippen LogP contribution in [0, 0.1) is 0 Å². The second-order valence-electron chi connectivity index (χ2n) is 10.9. The summed E-state index contributed by atoms with van der Waals surface area (Å²) in [4.78, 5) is 0. The molecule has 0 unspecified atom stereocenters. The van der Waals surface area contributed by atoms with Crippen LogP contribution in [0.5, 0.6) is 0 Å². The molecule has 0 N–H and O–H groups in total. The summed E-state index contributed by atoms with van der Waals surface area (Å²) in [5.74, 6) is 0. The van der Waals surface area contributed by atoms with Gasteiger partial charge in [0, 0.05) is 10.7 Å². The molecule has 0 aromatic heterocycles. The van der Waals surface area contributed by atoms with Gasteiger partial charge in [-0.1, -0.05) is 134 Å². The number of halogens is 2. The van der Waals surface area contributed by atoms with Crippen LogP contribution < -0.4 is 0 Å². The quantitative estimate of drug-likeness (QED) is 0.266. The lowest BCUT2D eigenvalue weighted by Crippen LogP contribution is -2.13. The van der Waals surface area contributed by atoms with Crippen LogP contribution in [0.1, 0.15) is 86.1 Å². The topological polar surface area (TPSA) is 0 Å². The first kappa shape index (κ1) is 25.2. The molecule has 0 saturated heterocycles. The van der Waals surface area contributed by atoms with Gasteiger partial charge in [0.15, 0.2) is 0 Å². The Labute approximate surface area is 212 Å². The molecule has 0 saturated carbocycles. The second kappa shape index (κ2) is 10.3. The monoisotopic (exact) mass is 554 g/mol. The zero-order chi connectivity index (χ0) is 23.5. The van der Waals surface area contributed by atoms with Crippen molar-refractivity contribution in [3.8, 4) is 0 Å². The Kier molecular flexibility index (Phi) is 8.10. The molecule has 0 aliphatic carbocycles. The van der Waals surface area contributed by atoms with Crippen LogP contribution in [0.3, 0.4) is 0 Å². The summed E-state index contributed by atoms with van der Waals surface area (Å²) >= 11 is 7.42. The van der Waals surface area contributed by atoms with E-state index in [0.29, 0.717) is 0 Å². The van der Waals surface area contributed by atoms with Gasteiger partial charge in [-0.25, -0.2) is 0 Å². The average molecular weight is 556 g/mol. The smallest absolute Gasteiger partial charge is 0.0285 e. The van der Waals surface area contributed by atoms with Crippen molar-refractivity contribution in [2.75, 3.05) is 0 Å². The van der Waals surface area contributed by atoms with E-state index in [9.17, 15) is 0 Å². The largest absolute Gasteiger partial charge is 0.0876 e. The molecule has 170 valence electrons. The first-order valence-electron chi connectivity index (χ1n) is 11.5. The highest BCUT2D eigenvalue weighted by molar-refractivity contribution is 9.08. The molecular formula is C30H36Br2. The van der Waals surface area contributed by atoms with Crippen molar-refractivity contribution in [3.63, 3.8) is 0 Å². The molecule has 0 nitrogen and oxygen atoms in total. The van der Waals surface area contributed by atoms with E-state index in [1.54, 1.807) is 0 Å². The molecular weight excluding hydrogens is 520 g/mol. The molecule has 2 heteroatoms. The van der Waals surface area contributed by atoms with Gasteiger partial charge in [-0.05, 0) is 68.2 Å². The summed E-state index contributed by atoms with van der Waals surface area (Å²) < 4.78 is 0.